The van der Waals surface area contributed by atoms with Gasteiger partial charge in [-0.1, -0.05) is 18.2 Å². The van der Waals surface area contributed by atoms with Crippen LogP contribution in [0, 0.1) is 0 Å². The molecule has 0 heterocycles. The minimum atomic E-state index is -0.470. The molecular formula is C13H18N2O3. The fraction of sp³-hybridized carbons (Fsp3) is 0.385. The molecule has 0 aromatic heterocycles. The molecule has 0 radical (unpaired) electrons. The zero-order chi connectivity index (χ0) is 13.5. The minimum absolute atomic E-state index is 0.0306. The Kier molecular flexibility index (Phi) is 5.17. The van der Waals surface area contributed by atoms with E-state index in [1.807, 2.05) is 26.0 Å². The van der Waals surface area contributed by atoms with Crippen LogP contribution in [0.5, 0.6) is 0 Å². The van der Waals surface area contributed by atoms with Crippen molar-refractivity contribution in [3.05, 3.63) is 29.8 Å². The predicted molar refractivity (Wildman–Crippen MR) is 69.2 cm³/mol. The second-order valence-corrected chi connectivity index (χ2v) is 4.21. The van der Waals surface area contributed by atoms with Crippen LogP contribution in [0.25, 0.3) is 0 Å². The molecule has 1 rings (SSSR count). The first-order chi connectivity index (χ1) is 8.49. The number of nitrogens with one attached hydrogen (secondary N) is 2. The van der Waals surface area contributed by atoms with E-state index >= 15 is 0 Å². The molecule has 2 amide bonds. The van der Waals surface area contributed by atoms with Gasteiger partial charge >= 0.3 is 6.09 Å². The van der Waals surface area contributed by atoms with Crippen molar-refractivity contribution in [1.29, 1.82) is 0 Å². The number of para-hydroxylation sites is 1. The Bertz CT molecular complexity index is 430. The van der Waals surface area contributed by atoms with Crippen LogP contribution in [0.2, 0.25) is 0 Å². The standard InChI is InChI=1S/C13H18N2O3/c1-9(2)14-13(17)18-8-11-6-4-5-7-12(11)15-10(3)16/h4-7,9H,8H2,1-3H3,(H,14,17)(H,15,16). The van der Waals surface area contributed by atoms with Crippen LogP contribution in [0.4, 0.5) is 10.5 Å². The van der Waals surface area contributed by atoms with Gasteiger partial charge in [0.1, 0.15) is 6.61 Å². The fourth-order valence-corrected chi connectivity index (χ4v) is 1.38. The van der Waals surface area contributed by atoms with Gasteiger partial charge in [0.15, 0.2) is 0 Å². The molecule has 1 aromatic carbocycles. The molecule has 0 atom stereocenters. The number of carbonyl (C=O) groups excluding carboxylic acids is 2. The van der Waals surface area contributed by atoms with Gasteiger partial charge in [-0.2, -0.15) is 0 Å². The molecule has 2 N–H and O–H groups in total. The number of alkyl carbamates (subject to hydrolysis) is 1. The summed E-state index contributed by atoms with van der Waals surface area (Å²) in [5.41, 5.74) is 1.41. The highest BCUT2D eigenvalue weighted by Crippen LogP contribution is 2.15. The topological polar surface area (TPSA) is 67.4 Å². The summed E-state index contributed by atoms with van der Waals surface area (Å²) in [6, 6.07) is 7.23. The zero-order valence-corrected chi connectivity index (χ0v) is 10.8. The quantitative estimate of drug-likeness (QED) is 0.861. The van der Waals surface area contributed by atoms with Crippen LogP contribution >= 0.6 is 0 Å². The first-order valence-corrected chi connectivity index (χ1v) is 5.78. The number of amides is 2. The van der Waals surface area contributed by atoms with Gasteiger partial charge in [-0.15, -0.1) is 0 Å². The Morgan fingerprint density at radius 2 is 1.94 bits per heavy atom. The summed E-state index contributed by atoms with van der Waals surface area (Å²) in [6.07, 6.45) is -0.470. The van der Waals surface area contributed by atoms with Crippen molar-refractivity contribution >= 4 is 17.7 Å². The second-order valence-electron chi connectivity index (χ2n) is 4.21. The lowest BCUT2D eigenvalue weighted by molar-refractivity contribution is -0.114. The van der Waals surface area contributed by atoms with E-state index in [1.165, 1.54) is 6.92 Å². The maximum Gasteiger partial charge on any atom is 0.407 e. The lowest BCUT2D eigenvalue weighted by atomic mass is 10.2. The van der Waals surface area contributed by atoms with Crippen LogP contribution in [-0.4, -0.2) is 18.0 Å². The molecule has 0 unspecified atom stereocenters. The Morgan fingerprint density at radius 1 is 1.28 bits per heavy atom. The third-order valence-electron chi connectivity index (χ3n) is 2.09. The number of hydrogen-bond acceptors (Lipinski definition) is 3. The highest BCUT2D eigenvalue weighted by molar-refractivity contribution is 5.89. The smallest absolute Gasteiger partial charge is 0.407 e. The van der Waals surface area contributed by atoms with Crippen molar-refractivity contribution in [2.45, 2.75) is 33.4 Å². The zero-order valence-electron chi connectivity index (χ0n) is 10.8. The van der Waals surface area contributed by atoms with Gasteiger partial charge in [-0.25, -0.2) is 4.79 Å². The summed E-state index contributed by atoms with van der Waals surface area (Å²) in [5.74, 6) is -0.158. The summed E-state index contributed by atoms with van der Waals surface area (Å²) < 4.78 is 5.06. The van der Waals surface area contributed by atoms with Crippen molar-refractivity contribution < 1.29 is 14.3 Å². The van der Waals surface area contributed by atoms with Crippen LogP contribution < -0.4 is 10.6 Å². The lowest BCUT2D eigenvalue weighted by Crippen LogP contribution is -2.30. The molecule has 0 fully saturated rings. The summed E-state index contributed by atoms with van der Waals surface area (Å²) in [7, 11) is 0. The van der Waals surface area contributed by atoms with Crippen molar-refractivity contribution in [3.63, 3.8) is 0 Å². The number of hydrogen-bond donors (Lipinski definition) is 2. The van der Waals surface area contributed by atoms with Gasteiger partial charge in [0.2, 0.25) is 5.91 Å². The Morgan fingerprint density at radius 3 is 2.56 bits per heavy atom. The number of rotatable bonds is 4. The third-order valence-corrected chi connectivity index (χ3v) is 2.09. The molecule has 0 bridgehead atoms. The van der Waals surface area contributed by atoms with E-state index in [0.29, 0.717) is 5.69 Å². The number of ether oxygens (including phenoxy) is 1. The summed E-state index contributed by atoms with van der Waals surface area (Å²) in [4.78, 5) is 22.4. The molecule has 0 aliphatic heterocycles. The van der Waals surface area contributed by atoms with Crippen molar-refractivity contribution in [2.24, 2.45) is 0 Å². The van der Waals surface area contributed by atoms with Gasteiger partial charge in [0.25, 0.3) is 0 Å². The van der Waals surface area contributed by atoms with Crippen molar-refractivity contribution in [3.8, 4) is 0 Å². The number of carbonyl (C=O) groups is 2. The van der Waals surface area contributed by atoms with E-state index in [9.17, 15) is 9.59 Å². The average molecular weight is 250 g/mol. The lowest BCUT2D eigenvalue weighted by Gasteiger charge is -2.12. The summed E-state index contributed by atoms with van der Waals surface area (Å²) >= 11 is 0. The first kappa shape index (κ1) is 14.0. The Labute approximate surface area is 107 Å². The monoisotopic (exact) mass is 250 g/mol. The summed E-state index contributed by atoms with van der Waals surface area (Å²) in [5, 5.41) is 5.31. The second kappa shape index (κ2) is 6.64. The third kappa shape index (κ3) is 4.86. The van der Waals surface area contributed by atoms with Crippen molar-refractivity contribution in [2.75, 3.05) is 5.32 Å². The van der Waals surface area contributed by atoms with Crippen LogP contribution in [0.3, 0.4) is 0 Å². The van der Waals surface area contributed by atoms with E-state index in [4.69, 9.17) is 4.74 Å². The van der Waals surface area contributed by atoms with E-state index in [2.05, 4.69) is 10.6 Å². The van der Waals surface area contributed by atoms with Gasteiger partial charge in [-0.05, 0) is 19.9 Å². The number of benzene rings is 1. The molecule has 0 aliphatic rings. The normalized spacial score (nSPS) is 10.0. The molecule has 0 aliphatic carbocycles. The molecule has 5 heteroatoms. The van der Waals surface area contributed by atoms with Gasteiger partial charge < -0.3 is 15.4 Å². The molecule has 0 saturated carbocycles. The van der Waals surface area contributed by atoms with Crippen LogP contribution in [-0.2, 0) is 16.1 Å². The van der Waals surface area contributed by atoms with E-state index < -0.39 is 6.09 Å². The van der Waals surface area contributed by atoms with Gasteiger partial charge in [-0.3, -0.25) is 4.79 Å². The van der Waals surface area contributed by atoms with Crippen LogP contribution in [0.1, 0.15) is 26.3 Å². The first-order valence-electron chi connectivity index (χ1n) is 5.78. The van der Waals surface area contributed by atoms with E-state index in [0.717, 1.165) is 5.56 Å². The predicted octanol–water partition coefficient (Wildman–Crippen LogP) is 2.28. The molecule has 0 spiro atoms. The molecule has 0 saturated heterocycles. The molecule has 18 heavy (non-hydrogen) atoms. The van der Waals surface area contributed by atoms with E-state index in [-0.39, 0.29) is 18.6 Å². The highest BCUT2D eigenvalue weighted by Gasteiger charge is 2.07. The maximum atomic E-state index is 11.3. The van der Waals surface area contributed by atoms with Crippen LogP contribution in [0.15, 0.2) is 24.3 Å². The molecule has 5 nitrogen and oxygen atoms in total. The summed E-state index contributed by atoms with van der Waals surface area (Å²) in [6.45, 7) is 5.26. The highest BCUT2D eigenvalue weighted by atomic mass is 16.5. The average Bonchev–Trinajstić information content (AvgIpc) is 2.26. The van der Waals surface area contributed by atoms with E-state index in [1.54, 1.807) is 12.1 Å². The van der Waals surface area contributed by atoms with Crippen molar-refractivity contribution in [1.82, 2.24) is 5.32 Å². The fourth-order valence-electron chi connectivity index (χ4n) is 1.38. The SMILES string of the molecule is CC(=O)Nc1ccccc1COC(=O)NC(C)C. The molecule has 98 valence electrons. The molecule has 1 aromatic rings. The minimum Gasteiger partial charge on any atom is -0.445 e. The number of anilines is 1. The van der Waals surface area contributed by atoms with Gasteiger partial charge in [0, 0.05) is 24.2 Å². The largest absolute Gasteiger partial charge is 0.445 e. The Hall–Kier alpha value is -2.04. The molecular weight excluding hydrogens is 232 g/mol. The van der Waals surface area contributed by atoms with Gasteiger partial charge in [0.05, 0.1) is 0 Å². The Balaban J connectivity index is 2.61. The maximum absolute atomic E-state index is 11.3.